The molecule has 1 fully saturated rings. The van der Waals surface area contributed by atoms with Gasteiger partial charge in [-0.2, -0.15) is 0 Å². The van der Waals surface area contributed by atoms with Crippen LogP contribution >= 0.6 is 23.4 Å². The number of nitrogens with zero attached hydrogens (tertiary/aromatic N) is 2. The summed E-state index contributed by atoms with van der Waals surface area (Å²) in [5.74, 6) is 0.125. The van der Waals surface area contributed by atoms with Gasteiger partial charge in [-0.25, -0.2) is 4.79 Å². The molecule has 150 valence electrons. The minimum absolute atomic E-state index is 0.0650. The minimum atomic E-state index is -0.294. The van der Waals surface area contributed by atoms with Crippen LogP contribution in [0.3, 0.4) is 0 Å². The van der Waals surface area contributed by atoms with Crippen LogP contribution in [0.25, 0.3) is 0 Å². The number of hydrogen-bond acceptors (Lipinski definition) is 3. The molecule has 3 amide bonds. The monoisotopic (exact) mass is 411 g/mol. The van der Waals surface area contributed by atoms with Crippen molar-refractivity contribution in [2.24, 2.45) is 0 Å². The summed E-state index contributed by atoms with van der Waals surface area (Å²) in [6, 6.07) is 7.56. The zero-order valence-corrected chi connectivity index (χ0v) is 18.4. The van der Waals surface area contributed by atoms with E-state index in [0.717, 1.165) is 12.0 Å². The van der Waals surface area contributed by atoms with Gasteiger partial charge in [0.2, 0.25) is 5.91 Å². The number of likely N-dealkylation sites (N-methyl/N-ethyl adjacent to an activating group) is 1. The number of halogens is 1. The standard InChI is InChI=1S/C20H30ClN3O2S/c1-6-16-17(25)24(18(27-16)14-10-8-9-11-15(14)21)13-12-23(7-2)19(26)22-20(3,4)5/h8-11,16,18H,6-7,12-13H2,1-5H3,(H,22,26)/t16-,18-/m0/s1. The quantitative estimate of drug-likeness (QED) is 0.748. The average Bonchev–Trinajstić information content (AvgIpc) is 2.90. The molecule has 0 aromatic heterocycles. The lowest BCUT2D eigenvalue weighted by Crippen LogP contribution is -2.50. The molecule has 0 spiro atoms. The largest absolute Gasteiger partial charge is 0.333 e. The van der Waals surface area contributed by atoms with Crippen LogP contribution in [0.15, 0.2) is 24.3 Å². The maximum Gasteiger partial charge on any atom is 0.317 e. The summed E-state index contributed by atoms with van der Waals surface area (Å²) in [7, 11) is 0. The van der Waals surface area contributed by atoms with E-state index in [2.05, 4.69) is 5.32 Å². The lowest BCUT2D eigenvalue weighted by atomic mass is 10.1. The molecule has 0 aliphatic carbocycles. The van der Waals surface area contributed by atoms with Gasteiger partial charge in [0.25, 0.3) is 0 Å². The molecular formula is C20H30ClN3O2S. The first-order valence-corrected chi connectivity index (χ1v) is 10.8. The lowest BCUT2D eigenvalue weighted by molar-refractivity contribution is -0.130. The van der Waals surface area contributed by atoms with Gasteiger partial charge in [0.15, 0.2) is 0 Å². The van der Waals surface area contributed by atoms with Crippen molar-refractivity contribution in [3.63, 3.8) is 0 Å². The van der Waals surface area contributed by atoms with Crippen LogP contribution in [0.5, 0.6) is 0 Å². The van der Waals surface area contributed by atoms with Crippen LogP contribution in [0, 0.1) is 0 Å². The predicted octanol–water partition coefficient (Wildman–Crippen LogP) is 4.52. The average molecular weight is 412 g/mol. The van der Waals surface area contributed by atoms with Gasteiger partial charge in [0.05, 0.1) is 5.25 Å². The maximum atomic E-state index is 12.9. The smallest absolute Gasteiger partial charge is 0.317 e. The molecule has 1 N–H and O–H groups in total. The fourth-order valence-corrected chi connectivity index (χ4v) is 4.80. The van der Waals surface area contributed by atoms with Gasteiger partial charge in [-0.3, -0.25) is 4.79 Å². The van der Waals surface area contributed by atoms with Crippen molar-refractivity contribution in [1.29, 1.82) is 0 Å². The number of urea groups is 1. The molecule has 2 atom stereocenters. The van der Waals surface area contributed by atoms with Crippen LogP contribution in [0.1, 0.15) is 52.0 Å². The third kappa shape index (κ3) is 5.55. The van der Waals surface area contributed by atoms with Crippen LogP contribution in [0.4, 0.5) is 4.79 Å². The molecule has 27 heavy (non-hydrogen) atoms. The summed E-state index contributed by atoms with van der Waals surface area (Å²) in [6.07, 6.45) is 0.781. The van der Waals surface area contributed by atoms with Gasteiger partial charge in [-0.05, 0) is 40.2 Å². The highest BCUT2D eigenvalue weighted by molar-refractivity contribution is 8.01. The fraction of sp³-hybridized carbons (Fsp3) is 0.600. The number of thioether (sulfide) groups is 1. The van der Waals surface area contributed by atoms with Gasteiger partial charge in [-0.1, -0.05) is 36.7 Å². The summed E-state index contributed by atoms with van der Waals surface area (Å²) < 4.78 is 0. The van der Waals surface area contributed by atoms with Gasteiger partial charge < -0.3 is 15.1 Å². The normalized spacial score (nSPS) is 20.1. The summed E-state index contributed by atoms with van der Waals surface area (Å²) >= 11 is 8.04. The molecule has 1 aromatic carbocycles. The Kier molecular flexibility index (Phi) is 7.46. The molecular weight excluding hydrogens is 382 g/mol. The molecule has 2 rings (SSSR count). The second-order valence-electron chi connectivity index (χ2n) is 7.70. The van der Waals surface area contributed by atoms with Gasteiger partial charge >= 0.3 is 6.03 Å². The Morgan fingerprint density at radius 3 is 2.52 bits per heavy atom. The van der Waals surface area contributed by atoms with Crippen LogP contribution in [-0.2, 0) is 4.79 Å². The van der Waals surface area contributed by atoms with Crippen LogP contribution < -0.4 is 5.32 Å². The van der Waals surface area contributed by atoms with E-state index >= 15 is 0 Å². The van der Waals surface area contributed by atoms with E-state index in [1.54, 1.807) is 16.7 Å². The van der Waals surface area contributed by atoms with E-state index < -0.39 is 0 Å². The number of nitrogens with one attached hydrogen (secondary N) is 1. The number of hydrogen-bond donors (Lipinski definition) is 1. The van der Waals surface area contributed by atoms with E-state index in [0.29, 0.717) is 24.7 Å². The summed E-state index contributed by atoms with van der Waals surface area (Å²) in [5.41, 5.74) is 0.660. The van der Waals surface area contributed by atoms with Crippen molar-refractivity contribution in [2.75, 3.05) is 19.6 Å². The van der Waals surface area contributed by atoms with E-state index in [4.69, 9.17) is 11.6 Å². The first kappa shape index (κ1) is 21.9. The van der Waals surface area contributed by atoms with Gasteiger partial charge in [0, 0.05) is 35.8 Å². The van der Waals surface area contributed by atoms with Crippen molar-refractivity contribution in [3.8, 4) is 0 Å². The Balaban J connectivity index is 2.14. The Morgan fingerprint density at radius 2 is 1.96 bits per heavy atom. The highest BCUT2D eigenvalue weighted by Crippen LogP contribution is 2.45. The molecule has 1 aliphatic rings. The second-order valence-corrected chi connectivity index (χ2v) is 9.39. The zero-order chi connectivity index (χ0) is 20.2. The molecule has 5 nitrogen and oxygen atoms in total. The molecule has 0 radical (unpaired) electrons. The molecule has 1 aromatic rings. The molecule has 1 heterocycles. The van der Waals surface area contributed by atoms with Crippen molar-refractivity contribution in [3.05, 3.63) is 34.9 Å². The number of carbonyl (C=O) groups excluding carboxylic acids is 2. The Labute approximate surface area is 171 Å². The second kappa shape index (κ2) is 9.20. The zero-order valence-electron chi connectivity index (χ0n) is 16.8. The predicted molar refractivity (Wildman–Crippen MR) is 113 cm³/mol. The Bertz CT molecular complexity index is 677. The van der Waals surface area contributed by atoms with Crippen LogP contribution in [0.2, 0.25) is 5.02 Å². The number of rotatable bonds is 6. The van der Waals surface area contributed by atoms with E-state index in [9.17, 15) is 9.59 Å². The number of carbonyl (C=O) groups is 2. The molecule has 1 saturated heterocycles. The lowest BCUT2D eigenvalue weighted by Gasteiger charge is -2.31. The molecule has 7 heteroatoms. The Hall–Kier alpha value is -1.40. The third-order valence-electron chi connectivity index (χ3n) is 4.44. The highest BCUT2D eigenvalue weighted by Gasteiger charge is 2.40. The van der Waals surface area contributed by atoms with Crippen molar-refractivity contribution in [2.45, 2.75) is 57.2 Å². The van der Waals surface area contributed by atoms with Crippen molar-refractivity contribution < 1.29 is 9.59 Å². The summed E-state index contributed by atoms with van der Waals surface area (Å²) in [4.78, 5) is 29.0. The molecule has 0 unspecified atom stereocenters. The van der Waals surface area contributed by atoms with E-state index in [1.165, 1.54) is 0 Å². The molecule has 0 saturated carbocycles. The van der Waals surface area contributed by atoms with E-state index in [1.807, 2.05) is 63.8 Å². The first-order chi connectivity index (χ1) is 12.7. The first-order valence-electron chi connectivity index (χ1n) is 9.45. The third-order valence-corrected chi connectivity index (χ3v) is 6.41. The van der Waals surface area contributed by atoms with Gasteiger partial charge in [0.1, 0.15) is 5.37 Å². The maximum absolute atomic E-state index is 12.9. The summed E-state index contributed by atoms with van der Waals surface area (Å²) in [5, 5.41) is 3.48. The molecule has 1 aliphatic heterocycles. The topological polar surface area (TPSA) is 52.6 Å². The Morgan fingerprint density at radius 1 is 1.30 bits per heavy atom. The summed E-state index contributed by atoms with van der Waals surface area (Å²) in [6.45, 7) is 11.4. The van der Waals surface area contributed by atoms with Crippen molar-refractivity contribution >= 4 is 35.3 Å². The van der Waals surface area contributed by atoms with Crippen LogP contribution in [-0.4, -0.2) is 52.2 Å². The fourth-order valence-electron chi connectivity index (χ4n) is 3.03. The minimum Gasteiger partial charge on any atom is -0.333 e. The number of benzene rings is 1. The van der Waals surface area contributed by atoms with Gasteiger partial charge in [-0.15, -0.1) is 11.8 Å². The highest BCUT2D eigenvalue weighted by atomic mass is 35.5. The molecule has 0 bridgehead atoms. The number of amides is 3. The van der Waals surface area contributed by atoms with E-state index in [-0.39, 0.29) is 28.1 Å². The SMILES string of the molecule is CC[C@@H]1S[C@@H](c2ccccc2Cl)N(CCN(CC)C(=O)NC(C)(C)C)C1=O. The van der Waals surface area contributed by atoms with Crippen molar-refractivity contribution in [1.82, 2.24) is 15.1 Å².